The molecule has 2 aliphatic rings. The first-order valence-electron chi connectivity index (χ1n) is 6.66. The number of para-hydroxylation sites is 2. The highest BCUT2D eigenvalue weighted by atomic mass is 16.4. The maximum absolute atomic E-state index is 5.85. The second kappa shape index (κ2) is 3.72. The molecule has 2 fully saturated rings. The van der Waals surface area contributed by atoms with Crippen molar-refractivity contribution in [3.63, 3.8) is 0 Å². The van der Waals surface area contributed by atoms with Gasteiger partial charge >= 0.3 is 0 Å². The molecule has 1 aromatic heterocycles. The van der Waals surface area contributed by atoms with Crippen LogP contribution in [0.15, 0.2) is 28.7 Å². The highest BCUT2D eigenvalue weighted by Crippen LogP contribution is 2.38. The monoisotopic (exact) mass is 243 g/mol. The predicted molar refractivity (Wildman–Crippen MR) is 70.8 cm³/mol. The summed E-state index contributed by atoms with van der Waals surface area (Å²) >= 11 is 0. The molecule has 3 heterocycles. The molecule has 1 unspecified atom stereocenters. The third kappa shape index (κ3) is 1.52. The zero-order chi connectivity index (χ0) is 12.0. The van der Waals surface area contributed by atoms with E-state index in [1.165, 1.54) is 12.8 Å². The Kier molecular flexibility index (Phi) is 2.14. The minimum atomic E-state index is 0.459. The summed E-state index contributed by atoms with van der Waals surface area (Å²) in [6.07, 6.45) is 2.53. The number of hydrogen-bond acceptors (Lipinski definition) is 4. The van der Waals surface area contributed by atoms with E-state index >= 15 is 0 Å². The lowest BCUT2D eigenvalue weighted by molar-refractivity contribution is 0.367. The number of oxazole rings is 1. The molecular weight excluding hydrogens is 226 g/mol. The molecule has 1 atom stereocenters. The molecule has 0 radical (unpaired) electrons. The number of nitrogens with zero attached hydrogens (tertiary/aromatic N) is 2. The first-order chi connectivity index (χ1) is 8.85. The molecule has 2 saturated heterocycles. The van der Waals surface area contributed by atoms with Crippen molar-refractivity contribution in [1.82, 2.24) is 10.3 Å². The Bertz CT molecular complexity index is 538. The second-order valence-corrected chi connectivity index (χ2v) is 5.56. The Morgan fingerprint density at radius 1 is 1.28 bits per heavy atom. The number of benzene rings is 1. The molecule has 1 N–H and O–H groups in total. The van der Waals surface area contributed by atoms with Crippen LogP contribution in [0, 0.1) is 5.41 Å². The molecule has 18 heavy (non-hydrogen) atoms. The molecule has 1 aromatic carbocycles. The van der Waals surface area contributed by atoms with Crippen molar-refractivity contribution < 1.29 is 4.42 Å². The van der Waals surface area contributed by atoms with Crippen LogP contribution in [0.25, 0.3) is 11.1 Å². The number of hydrogen-bond donors (Lipinski definition) is 1. The van der Waals surface area contributed by atoms with Crippen molar-refractivity contribution in [2.75, 3.05) is 31.1 Å². The number of fused-ring (bicyclic) bond motifs is 1. The maximum atomic E-state index is 5.85. The van der Waals surface area contributed by atoms with Gasteiger partial charge in [0.25, 0.3) is 6.01 Å². The average molecular weight is 243 g/mol. The Labute approximate surface area is 106 Å². The van der Waals surface area contributed by atoms with Gasteiger partial charge in [-0.15, -0.1) is 0 Å². The van der Waals surface area contributed by atoms with Crippen LogP contribution < -0.4 is 10.2 Å². The lowest BCUT2D eigenvalue weighted by atomic mass is 9.87. The molecule has 4 heteroatoms. The molecule has 0 saturated carbocycles. The molecule has 1 spiro atoms. The Morgan fingerprint density at radius 3 is 3.06 bits per heavy atom. The van der Waals surface area contributed by atoms with Gasteiger partial charge in [-0.2, -0.15) is 4.98 Å². The third-order valence-electron chi connectivity index (χ3n) is 4.32. The van der Waals surface area contributed by atoms with Gasteiger partial charge in [-0.1, -0.05) is 12.1 Å². The normalized spacial score (nSPS) is 27.7. The molecule has 2 aliphatic heterocycles. The van der Waals surface area contributed by atoms with Crippen LogP contribution in [0.3, 0.4) is 0 Å². The molecule has 0 aliphatic carbocycles. The quantitative estimate of drug-likeness (QED) is 0.832. The van der Waals surface area contributed by atoms with Crippen LogP contribution >= 0.6 is 0 Å². The van der Waals surface area contributed by atoms with Crippen LogP contribution in [0.4, 0.5) is 6.01 Å². The number of aromatic nitrogens is 1. The summed E-state index contributed by atoms with van der Waals surface area (Å²) in [6.45, 7) is 4.44. The summed E-state index contributed by atoms with van der Waals surface area (Å²) in [7, 11) is 0. The van der Waals surface area contributed by atoms with Gasteiger partial charge in [-0.25, -0.2) is 0 Å². The van der Waals surface area contributed by atoms with Crippen LogP contribution in [-0.4, -0.2) is 31.2 Å². The van der Waals surface area contributed by atoms with Crippen LogP contribution in [0.1, 0.15) is 12.8 Å². The SMILES string of the molecule is c1ccc2oc(N3CCC4(CCNC4)C3)nc2c1. The van der Waals surface area contributed by atoms with E-state index in [1.807, 2.05) is 24.3 Å². The predicted octanol–water partition coefficient (Wildman–Crippen LogP) is 2.02. The van der Waals surface area contributed by atoms with E-state index in [2.05, 4.69) is 15.2 Å². The Morgan fingerprint density at radius 2 is 2.22 bits per heavy atom. The summed E-state index contributed by atoms with van der Waals surface area (Å²) < 4.78 is 5.85. The number of anilines is 1. The molecule has 0 amide bonds. The number of rotatable bonds is 1. The molecule has 2 aromatic rings. The van der Waals surface area contributed by atoms with Gasteiger partial charge in [0, 0.05) is 25.0 Å². The summed E-state index contributed by atoms with van der Waals surface area (Å²) in [5.74, 6) is 0. The maximum Gasteiger partial charge on any atom is 0.298 e. The first-order valence-corrected chi connectivity index (χ1v) is 6.66. The van der Waals surface area contributed by atoms with Gasteiger partial charge < -0.3 is 14.6 Å². The highest BCUT2D eigenvalue weighted by molar-refractivity contribution is 5.74. The zero-order valence-corrected chi connectivity index (χ0v) is 10.4. The first kappa shape index (κ1) is 10.4. The average Bonchev–Trinajstić information content (AvgIpc) is 3.10. The van der Waals surface area contributed by atoms with E-state index < -0.39 is 0 Å². The summed E-state index contributed by atoms with van der Waals surface area (Å²) in [6, 6.07) is 8.77. The van der Waals surface area contributed by atoms with Gasteiger partial charge in [-0.3, -0.25) is 0 Å². The molecule has 4 nitrogen and oxygen atoms in total. The largest absolute Gasteiger partial charge is 0.423 e. The molecule has 0 bridgehead atoms. The fourth-order valence-electron chi connectivity index (χ4n) is 3.24. The molecular formula is C14H17N3O. The van der Waals surface area contributed by atoms with E-state index in [-0.39, 0.29) is 0 Å². The van der Waals surface area contributed by atoms with E-state index in [4.69, 9.17) is 4.42 Å². The minimum Gasteiger partial charge on any atom is -0.423 e. The van der Waals surface area contributed by atoms with Crippen molar-refractivity contribution >= 4 is 17.1 Å². The van der Waals surface area contributed by atoms with Crippen molar-refractivity contribution in [1.29, 1.82) is 0 Å². The van der Waals surface area contributed by atoms with Gasteiger partial charge in [0.1, 0.15) is 5.52 Å². The lowest BCUT2D eigenvalue weighted by Gasteiger charge is -2.21. The van der Waals surface area contributed by atoms with E-state index in [1.54, 1.807) is 0 Å². The highest BCUT2D eigenvalue weighted by Gasteiger charge is 2.41. The van der Waals surface area contributed by atoms with Crippen molar-refractivity contribution in [3.8, 4) is 0 Å². The van der Waals surface area contributed by atoms with E-state index in [0.29, 0.717) is 5.41 Å². The summed E-state index contributed by atoms with van der Waals surface area (Å²) in [5, 5.41) is 3.48. The third-order valence-corrected chi connectivity index (χ3v) is 4.32. The fourth-order valence-corrected chi connectivity index (χ4v) is 3.24. The smallest absolute Gasteiger partial charge is 0.298 e. The molecule has 4 rings (SSSR count). The minimum absolute atomic E-state index is 0.459. The standard InChI is InChI=1S/C14H17N3O/c1-2-4-12-11(3-1)16-13(18-12)17-8-6-14(10-17)5-7-15-9-14/h1-4,15H,5-10H2. The van der Waals surface area contributed by atoms with Crippen LogP contribution in [0.5, 0.6) is 0 Å². The van der Waals surface area contributed by atoms with Crippen LogP contribution in [0.2, 0.25) is 0 Å². The Hall–Kier alpha value is -1.55. The van der Waals surface area contributed by atoms with Gasteiger partial charge in [-0.05, 0) is 31.5 Å². The zero-order valence-electron chi connectivity index (χ0n) is 10.4. The van der Waals surface area contributed by atoms with Crippen molar-refractivity contribution in [2.45, 2.75) is 12.8 Å². The fraction of sp³-hybridized carbons (Fsp3) is 0.500. The topological polar surface area (TPSA) is 41.3 Å². The second-order valence-electron chi connectivity index (χ2n) is 5.56. The van der Waals surface area contributed by atoms with Gasteiger partial charge in [0.2, 0.25) is 0 Å². The van der Waals surface area contributed by atoms with Gasteiger partial charge in [0.05, 0.1) is 0 Å². The van der Waals surface area contributed by atoms with Crippen molar-refractivity contribution in [3.05, 3.63) is 24.3 Å². The lowest BCUT2D eigenvalue weighted by Crippen LogP contribution is -2.29. The Balaban J connectivity index is 1.64. The van der Waals surface area contributed by atoms with E-state index in [0.717, 1.165) is 43.3 Å². The van der Waals surface area contributed by atoms with Crippen LogP contribution in [-0.2, 0) is 0 Å². The van der Waals surface area contributed by atoms with E-state index in [9.17, 15) is 0 Å². The molecule has 94 valence electrons. The number of nitrogens with one attached hydrogen (secondary N) is 1. The summed E-state index contributed by atoms with van der Waals surface area (Å²) in [5.41, 5.74) is 2.30. The summed E-state index contributed by atoms with van der Waals surface area (Å²) in [4.78, 5) is 6.89. The van der Waals surface area contributed by atoms with Crippen molar-refractivity contribution in [2.24, 2.45) is 5.41 Å². The van der Waals surface area contributed by atoms with Gasteiger partial charge in [0.15, 0.2) is 5.58 Å².